The molecule has 0 aromatic carbocycles. The fourth-order valence-corrected chi connectivity index (χ4v) is 0. The van der Waals surface area contributed by atoms with E-state index in [0.29, 0.717) is 0 Å². The van der Waals surface area contributed by atoms with Crippen LogP contribution in [0.5, 0.6) is 0 Å². The summed E-state index contributed by atoms with van der Waals surface area (Å²) in [6.45, 7) is 4.22. The van der Waals surface area contributed by atoms with Crippen molar-refractivity contribution in [3.63, 3.8) is 0 Å². The Labute approximate surface area is 40.6 Å². The summed E-state index contributed by atoms with van der Waals surface area (Å²) in [5.41, 5.74) is 0. The normalized spacial score (nSPS) is 14.0. The van der Waals surface area contributed by atoms with E-state index in [1.807, 2.05) is 0 Å². The summed E-state index contributed by atoms with van der Waals surface area (Å²) >= 11 is 0. The molecule has 1 rings (SSSR count). The van der Waals surface area contributed by atoms with E-state index in [-0.39, 0.29) is 0 Å². The first-order valence-corrected chi connectivity index (χ1v) is 1.81. The van der Waals surface area contributed by atoms with E-state index in [4.69, 9.17) is 0 Å². The van der Waals surface area contributed by atoms with Crippen LogP contribution < -0.4 is 0 Å². The minimum Gasteiger partial charge on any atom is -0.377 e. The molecule has 0 saturated carbocycles. The van der Waals surface area contributed by atoms with Gasteiger partial charge in [0.25, 0.3) is 6.08 Å². The molecule has 0 amide bonds. The van der Waals surface area contributed by atoms with Crippen molar-refractivity contribution in [3.8, 4) is 0 Å². The van der Waals surface area contributed by atoms with Crippen molar-refractivity contribution in [2.75, 3.05) is 13.2 Å². The maximum atomic E-state index is 10.1. The summed E-state index contributed by atoms with van der Waals surface area (Å²) in [7, 11) is 0. The molecule has 1 aliphatic rings. The Kier molecular flexibility index (Phi) is 3.50. The van der Waals surface area contributed by atoms with Crippen molar-refractivity contribution in [1.29, 1.82) is 0 Å². The summed E-state index contributed by atoms with van der Waals surface area (Å²) in [6, 6.07) is 0. The highest BCUT2D eigenvalue weighted by molar-refractivity contribution is 4.57. The first-order chi connectivity index (χ1) is 3.23. The molecule has 0 spiro atoms. The van der Waals surface area contributed by atoms with E-state index in [1.165, 1.54) is 0 Å². The molecule has 0 radical (unpaired) electrons. The maximum Gasteiger partial charge on any atom is 0.263 e. The van der Waals surface area contributed by atoms with E-state index in [1.54, 1.807) is 0 Å². The molecule has 0 aliphatic carbocycles. The van der Waals surface area contributed by atoms with Gasteiger partial charge in [-0.15, -0.1) is 0 Å². The first kappa shape index (κ1) is 6.56. The Morgan fingerprint density at radius 1 is 1.43 bits per heavy atom. The molecule has 42 valence electrons. The average molecular weight is 108 g/mol. The van der Waals surface area contributed by atoms with Crippen LogP contribution in [0.1, 0.15) is 0 Å². The molecule has 7 heavy (non-hydrogen) atoms. The Bertz CT molecular complexity index is 54.0. The lowest BCUT2D eigenvalue weighted by molar-refractivity contribution is 0.426. The SMILES string of the molecule is C1CO1.C=C(F)F. The second-order valence-electron chi connectivity index (χ2n) is 0.951. The Balaban J connectivity index is 0.000000105. The van der Waals surface area contributed by atoms with Gasteiger partial charge in [-0.05, 0) is 6.58 Å². The average Bonchev–Trinajstić information content (AvgIpc) is 2.02. The quantitative estimate of drug-likeness (QED) is 0.427. The largest absolute Gasteiger partial charge is 0.377 e. The topological polar surface area (TPSA) is 12.5 Å². The smallest absolute Gasteiger partial charge is 0.263 e. The number of rotatable bonds is 0. The third-order valence-corrected chi connectivity index (χ3v) is 0.204. The molecule has 1 saturated heterocycles. The molecule has 1 heterocycles. The summed E-state index contributed by atoms with van der Waals surface area (Å²) in [6.07, 6.45) is -1.83. The number of hydrogen-bond acceptors (Lipinski definition) is 1. The molecule has 1 fully saturated rings. The fourth-order valence-electron chi connectivity index (χ4n) is 0. The zero-order chi connectivity index (χ0) is 5.70. The molecular weight excluding hydrogens is 102 g/mol. The van der Waals surface area contributed by atoms with Gasteiger partial charge >= 0.3 is 0 Å². The van der Waals surface area contributed by atoms with Gasteiger partial charge in [-0.3, -0.25) is 0 Å². The minimum absolute atomic E-state index is 1.00. The number of halogens is 2. The molecular formula is C4H6F2O. The van der Waals surface area contributed by atoms with Crippen LogP contribution in [0.3, 0.4) is 0 Å². The van der Waals surface area contributed by atoms with Crippen LogP contribution in [-0.4, -0.2) is 13.2 Å². The van der Waals surface area contributed by atoms with Crippen LogP contribution in [0.25, 0.3) is 0 Å². The van der Waals surface area contributed by atoms with Gasteiger partial charge in [-0.1, -0.05) is 0 Å². The van der Waals surface area contributed by atoms with Crippen molar-refractivity contribution < 1.29 is 13.5 Å². The molecule has 1 nitrogen and oxygen atoms in total. The van der Waals surface area contributed by atoms with Crippen molar-refractivity contribution in [3.05, 3.63) is 12.7 Å². The van der Waals surface area contributed by atoms with E-state index >= 15 is 0 Å². The number of hydrogen-bond donors (Lipinski definition) is 0. The third-order valence-electron chi connectivity index (χ3n) is 0.204. The van der Waals surface area contributed by atoms with E-state index < -0.39 is 6.08 Å². The molecule has 3 heteroatoms. The van der Waals surface area contributed by atoms with Gasteiger partial charge in [-0.2, -0.15) is 8.78 Å². The van der Waals surface area contributed by atoms with Gasteiger partial charge in [0.1, 0.15) is 0 Å². The van der Waals surface area contributed by atoms with Crippen molar-refractivity contribution in [2.24, 2.45) is 0 Å². The van der Waals surface area contributed by atoms with Crippen molar-refractivity contribution >= 4 is 0 Å². The van der Waals surface area contributed by atoms with Crippen LogP contribution in [0.2, 0.25) is 0 Å². The van der Waals surface area contributed by atoms with Crippen LogP contribution >= 0.6 is 0 Å². The monoisotopic (exact) mass is 108 g/mol. The van der Waals surface area contributed by atoms with Gasteiger partial charge in [0.2, 0.25) is 0 Å². The lowest BCUT2D eigenvalue weighted by Gasteiger charge is -1.54. The predicted octanol–water partition coefficient (Wildman–Crippen LogP) is 1.41. The molecule has 0 aromatic rings. The summed E-state index contributed by atoms with van der Waals surface area (Å²) in [5, 5.41) is 0. The van der Waals surface area contributed by atoms with Gasteiger partial charge < -0.3 is 4.74 Å². The predicted molar refractivity (Wildman–Crippen MR) is 22.2 cm³/mol. The molecule has 0 N–H and O–H groups in total. The second kappa shape index (κ2) is 3.74. The van der Waals surface area contributed by atoms with E-state index in [0.717, 1.165) is 13.2 Å². The van der Waals surface area contributed by atoms with Gasteiger partial charge in [-0.25, -0.2) is 0 Å². The van der Waals surface area contributed by atoms with Crippen LogP contribution in [0, 0.1) is 0 Å². The van der Waals surface area contributed by atoms with E-state index in [9.17, 15) is 8.78 Å². The molecule has 1 aliphatic heterocycles. The number of ether oxygens (including phenoxy) is 1. The zero-order valence-electron chi connectivity index (χ0n) is 3.79. The van der Waals surface area contributed by atoms with Gasteiger partial charge in [0, 0.05) is 0 Å². The zero-order valence-corrected chi connectivity index (χ0v) is 3.79. The fraction of sp³-hybridized carbons (Fsp3) is 0.500. The maximum absolute atomic E-state index is 10.1. The van der Waals surface area contributed by atoms with Crippen molar-refractivity contribution in [1.82, 2.24) is 0 Å². The highest BCUT2D eigenvalue weighted by Gasteiger charge is 1.94. The summed E-state index contributed by atoms with van der Waals surface area (Å²) in [4.78, 5) is 0. The number of epoxide rings is 1. The molecule has 0 atom stereocenters. The highest BCUT2D eigenvalue weighted by Crippen LogP contribution is 1.85. The van der Waals surface area contributed by atoms with Crippen LogP contribution in [0.15, 0.2) is 12.7 Å². The van der Waals surface area contributed by atoms with Gasteiger partial charge in [0.15, 0.2) is 0 Å². The third kappa shape index (κ3) is 225. The summed E-state index contributed by atoms with van der Waals surface area (Å²) < 4.78 is 24.8. The Morgan fingerprint density at radius 2 is 1.57 bits per heavy atom. The first-order valence-electron chi connectivity index (χ1n) is 1.81. The van der Waals surface area contributed by atoms with E-state index in [2.05, 4.69) is 11.3 Å². The standard InChI is InChI=1S/C2H2F2.C2H4O/c1-2(3)4;1-2-3-1/h1H2;1-2H2. The Morgan fingerprint density at radius 3 is 1.57 bits per heavy atom. The Hall–Kier alpha value is -0.440. The molecule has 0 aromatic heterocycles. The molecule has 0 bridgehead atoms. The minimum atomic E-state index is -1.83. The highest BCUT2D eigenvalue weighted by atomic mass is 19.3. The lowest BCUT2D eigenvalue weighted by atomic mass is 11.0. The van der Waals surface area contributed by atoms with Gasteiger partial charge in [0.05, 0.1) is 13.2 Å². The van der Waals surface area contributed by atoms with Crippen molar-refractivity contribution in [2.45, 2.75) is 0 Å². The van der Waals surface area contributed by atoms with Crippen LogP contribution in [-0.2, 0) is 4.74 Å². The second-order valence-corrected chi connectivity index (χ2v) is 0.951. The lowest BCUT2D eigenvalue weighted by Crippen LogP contribution is -1.33. The summed E-state index contributed by atoms with van der Waals surface area (Å²) in [5.74, 6) is 0. The molecule has 0 unspecified atom stereocenters. The van der Waals surface area contributed by atoms with Crippen LogP contribution in [0.4, 0.5) is 8.78 Å².